The Morgan fingerprint density at radius 1 is 0.852 bits per heavy atom. The third kappa shape index (κ3) is 3.58. The molecule has 0 unspecified atom stereocenters. The highest BCUT2D eigenvalue weighted by Gasteiger charge is 2.38. The summed E-state index contributed by atoms with van der Waals surface area (Å²) in [7, 11) is 0. The van der Waals surface area contributed by atoms with E-state index >= 15 is 0 Å². The molecular formula is C22H25N3O2. The Labute approximate surface area is 160 Å². The van der Waals surface area contributed by atoms with Crippen LogP contribution in [0.1, 0.15) is 26.3 Å². The molecule has 27 heavy (non-hydrogen) atoms. The molecular weight excluding hydrogens is 338 g/mol. The molecule has 0 bridgehead atoms. The number of carbonyl (C=O) groups is 2. The lowest BCUT2D eigenvalue weighted by atomic mass is 10.0. The molecule has 1 N–H and O–H groups in total. The SMILES string of the molecule is CCN1C(=O)C(Nc2ccc(N(CC)CC)cc2)=C(c2ccccc2)C1=O. The number of imide groups is 1. The van der Waals surface area contributed by atoms with E-state index in [2.05, 4.69) is 24.1 Å². The van der Waals surface area contributed by atoms with E-state index in [9.17, 15) is 9.59 Å². The number of nitrogens with zero attached hydrogens (tertiary/aromatic N) is 2. The van der Waals surface area contributed by atoms with Crippen molar-refractivity contribution in [3.8, 4) is 0 Å². The Morgan fingerprint density at radius 3 is 2.04 bits per heavy atom. The zero-order valence-electron chi connectivity index (χ0n) is 16.0. The summed E-state index contributed by atoms with van der Waals surface area (Å²) in [5, 5.41) is 3.19. The lowest BCUT2D eigenvalue weighted by molar-refractivity contribution is -0.136. The molecule has 0 fully saturated rings. The maximum Gasteiger partial charge on any atom is 0.278 e. The van der Waals surface area contributed by atoms with Gasteiger partial charge in [0.05, 0.1) is 5.57 Å². The molecule has 2 aromatic rings. The normalized spacial score (nSPS) is 14.1. The van der Waals surface area contributed by atoms with Crippen molar-refractivity contribution in [1.82, 2.24) is 4.90 Å². The number of nitrogens with one attached hydrogen (secondary N) is 1. The van der Waals surface area contributed by atoms with Gasteiger partial charge in [-0.05, 0) is 50.6 Å². The van der Waals surface area contributed by atoms with E-state index < -0.39 is 0 Å². The predicted octanol–water partition coefficient (Wildman–Crippen LogP) is 3.74. The first kappa shape index (κ1) is 18.7. The van der Waals surface area contributed by atoms with E-state index in [1.807, 2.05) is 54.6 Å². The van der Waals surface area contributed by atoms with Crippen molar-refractivity contribution in [3.63, 3.8) is 0 Å². The smallest absolute Gasteiger partial charge is 0.278 e. The van der Waals surface area contributed by atoms with Crippen molar-refractivity contribution >= 4 is 28.8 Å². The van der Waals surface area contributed by atoms with Crippen LogP contribution in [0.2, 0.25) is 0 Å². The predicted molar refractivity (Wildman–Crippen MR) is 109 cm³/mol. The highest BCUT2D eigenvalue weighted by atomic mass is 16.2. The van der Waals surface area contributed by atoms with Crippen molar-refractivity contribution in [1.29, 1.82) is 0 Å². The van der Waals surface area contributed by atoms with Gasteiger partial charge in [-0.1, -0.05) is 30.3 Å². The first-order chi connectivity index (χ1) is 13.1. The average molecular weight is 363 g/mol. The number of amides is 2. The largest absolute Gasteiger partial charge is 0.372 e. The molecule has 1 heterocycles. The number of hydrogen-bond donors (Lipinski definition) is 1. The summed E-state index contributed by atoms with van der Waals surface area (Å²) in [6.45, 7) is 8.26. The maximum absolute atomic E-state index is 12.8. The van der Waals surface area contributed by atoms with Gasteiger partial charge in [0, 0.05) is 31.0 Å². The molecule has 5 nitrogen and oxygen atoms in total. The van der Waals surface area contributed by atoms with Crippen LogP contribution in [0, 0.1) is 0 Å². The average Bonchev–Trinajstić information content (AvgIpc) is 2.94. The Morgan fingerprint density at radius 2 is 1.48 bits per heavy atom. The summed E-state index contributed by atoms with van der Waals surface area (Å²) in [6, 6.07) is 17.3. The monoisotopic (exact) mass is 363 g/mol. The summed E-state index contributed by atoms with van der Waals surface area (Å²) in [4.78, 5) is 29.1. The lowest BCUT2D eigenvalue weighted by Gasteiger charge is -2.21. The van der Waals surface area contributed by atoms with E-state index in [1.165, 1.54) is 4.90 Å². The van der Waals surface area contributed by atoms with Crippen LogP contribution in [0.25, 0.3) is 5.57 Å². The Kier molecular flexibility index (Phi) is 5.60. The van der Waals surface area contributed by atoms with Gasteiger partial charge in [0.2, 0.25) is 0 Å². The number of benzene rings is 2. The van der Waals surface area contributed by atoms with E-state index in [0.717, 1.165) is 30.0 Å². The van der Waals surface area contributed by atoms with Crippen molar-refractivity contribution in [2.45, 2.75) is 20.8 Å². The molecule has 2 aromatic carbocycles. The summed E-state index contributed by atoms with van der Waals surface area (Å²) >= 11 is 0. The van der Waals surface area contributed by atoms with Gasteiger partial charge in [-0.3, -0.25) is 14.5 Å². The van der Waals surface area contributed by atoms with Crippen molar-refractivity contribution < 1.29 is 9.59 Å². The fraction of sp³-hybridized carbons (Fsp3) is 0.273. The molecule has 0 radical (unpaired) electrons. The number of carbonyl (C=O) groups excluding carboxylic acids is 2. The molecule has 1 aliphatic rings. The van der Waals surface area contributed by atoms with Crippen molar-refractivity contribution in [3.05, 3.63) is 65.9 Å². The van der Waals surface area contributed by atoms with Crippen LogP contribution in [-0.4, -0.2) is 36.3 Å². The van der Waals surface area contributed by atoms with E-state index in [1.54, 1.807) is 6.92 Å². The quantitative estimate of drug-likeness (QED) is 0.762. The van der Waals surface area contributed by atoms with Crippen LogP contribution < -0.4 is 10.2 Å². The van der Waals surface area contributed by atoms with E-state index in [-0.39, 0.29) is 11.8 Å². The van der Waals surface area contributed by atoms with Gasteiger partial charge >= 0.3 is 0 Å². The zero-order chi connectivity index (χ0) is 19.4. The number of rotatable bonds is 7. The van der Waals surface area contributed by atoms with Gasteiger partial charge in [0.25, 0.3) is 11.8 Å². The Bertz CT molecular complexity index is 853. The van der Waals surface area contributed by atoms with Crippen molar-refractivity contribution in [2.75, 3.05) is 29.9 Å². The van der Waals surface area contributed by atoms with Gasteiger partial charge in [0.1, 0.15) is 5.70 Å². The first-order valence-electron chi connectivity index (χ1n) is 9.38. The summed E-state index contributed by atoms with van der Waals surface area (Å²) in [5.41, 5.74) is 3.42. The number of hydrogen-bond acceptors (Lipinski definition) is 4. The molecule has 0 saturated heterocycles. The van der Waals surface area contributed by atoms with Crippen LogP contribution >= 0.6 is 0 Å². The second-order valence-corrected chi connectivity index (χ2v) is 6.31. The van der Waals surface area contributed by atoms with Crippen LogP contribution in [0.15, 0.2) is 60.3 Å². The first-order valence-corrected chi connectivity index (χ1v) is 9.38. The Balaban J connectivity index is 1.95. The number of anilines is 2. The highest BCUT2D eigenvalue weighted by Crippen LogP contribution is 2.30. The molecule has 1 aliphatic heterocycles. The fourth-order valence-corrected chi connectivity index (χ4v) is 3.34. The minimum Gasteiger partial charge on any atom is -0.372 e. The molecule has 0 atom stereocenters. The fourth-order valence-electron chi connectivity index (χ4n) is 3.34. The van der Waals surface area contributed by atoms with Crippen LogP contribution in [-0.2, 0) is 9.59 Å². The summed E-state index contributed by atoms with van der Waals surface area (Å²) in [6.07, 6.45) is 0. The molecule has 0 aromatic heterocycles. The second-order valence-electron chi connectivity index (χ2n) is 6.31. The standard InChI is InChI=1S/C22H25N3O2/c1-4-24(5-2)18-14-12-17(13-15-18)23-20-19(16-10-8-7-9-11-16)21(26)25(6-3)22(20)27/h7-15,23H,4-6H2,1-3H3. The molecule has 5 heteroatoms. The molecule has 3 rings (SSSR count). The van der Waals surface area contributed by atoms with Gasteiger partial charge in [-0.2, -0.15) is 0 Å². The molecule has 0 aliphatic carbocycles. The van der Waals surface area contributed by atoms with E-state index in [0.29, 0.717) is 17.8 Å². The minimum absolute atomic E-state index is 0.254. The molecule has 2 amide bonds. The third-order valence-electron chi connectivity index (χ3n) is 4.81. The maximum atomic E-state index is 12.8. The van der Waals surface area contributed by atoms with Gasteiger partial charge in [0.15, 0.2) is 0 Å². The highest BCUT2D eigenvalue weighted by molar-refractivity contribution is 6.36. The van der Waals surface area contributed by atoms with Crippen LogP contribution in [0.5, 0.6) is 0 Å². The van der Waals surface area contributed by atoms with E-state index in [4.69, 9.17) is 0 Å². The minimum atomic E-state index is -0.283. The summed E-state index contributed by atoms with van der Waals surface area (Å²) < 4.78 is 0. The number of likely N-dealkylation sites (N-methyl/N-ethyl adjacent to an activating group) is 1. The van der Waals surface area contributed by atoms with Gasteiger partial charge in [-0.15, -0.1) is 0 Å². The van der Waals surface area contributed by atoms with Gasteiger partial charge in [-0.25, -0.2) is 0 Å². The lowest BCUT2D eigenvalue weighted by Crippen LogP contribution is -2.32. The second kappa shape index (κ2) is 8.08. The molecule has 0 spiro atoms. The molecule has 140 valence electrons. The van der Waals surface area contributed by atoms with Gasteiger partial charge < -0.3 is 10.2 Å². The zero-order valence-corrected chi connectivity index (χ0v) is 16.0. The van der Waals surface area contributed by atoms with Crippen molar-refractivity contribution in [2.24, 2.45) is 0 Å². The topological polar surface area (TPSA) is 52.7 Å². The Hall–Kier alpha value is -3.08. The third-order valence-corrected chi connectivity index (χ3v) is 4.81. The summed E-state index contributed by atoms with van der Waals surface area (Å²) in [5.74, 6) is -0.537. The van der Waals surface area contributed by atoms with Crippen LogP contribution in [0.4, 0.5) is 11.4 Å². The molecule has 0 saturated carbocycles. The van der Waals surface area contributed by atoms with Crippen LogP contribution in [0.3, 0.4) is 0 Å².